The van der Waals surface area contributed by atoms with Gasteiger partial charge in [-0.2, -0.15) is 5.10 Å². The van der Waals surface area contributed by atoms with Gasteiger partial charge in [0.05, 0.1) is 11.1 Å². The summed E-state index contributed by atoms with van der Waals surface area (Å²) >= 11 is 0. The SMILES string of the molecule is O=C1NCCC/C1=N/N=C/c1ccc([N+](=O)[O-])cc1. The van der Waals surface area contributed by atoms with Crippen LogP contribution in [0.3, 0.4) is 0 Å². The van der Waals surface area contributed by atoms with Gasteiger partial charge in [-0.05, 0) is 30.5 Å². The molecule has 0 unspecified atom stereocenters. The molecule has 7 nitrogen and oxygen atoms in total. The lowest BCUT2D eigenvalue weighted by Gasteiger charge is -2.11. The van der Waals surface area contributed by atoms with Crippen LogP contribution < -0.4 is 5.32 Å². The van der Waals surface area contributed by atoms with Crippen molar-refractivity contribution < 1.29 is 9.72 Å². The van der Waals surface area contributed by atoms with Crippen LogP contribution in [0.1, 0.15) is 18.4 Å². The smallest absolute Gasteiger partial charge is 0.269 e. The summed E-state index contributed by atoms with van der Waals surface area (Å²) in [6, 6.07) is 5.93. The molecule has 1 aromatic rings. The summed E-state index contributed by atoms with van der Waals surface area (Å²) < 4.78 is 0. The number of hydrogen-bond donors (Lipinski definition) is 1. The highest BCUT2D eigenvalue weighted by atomic mass is 16.6. The van der Waals surface area contributed by atoms with Crippen molar-refractivity contribution in [1.82, 2.24) is 5.32 Å². The van der Waals surface area contributed by atoms with E-state index in [0.29, 0.717) is 24.2 Å². The lowest BCUT2D eigenvalue weighted by molar-refractivity contribution is -0.384. The predicted octanol–water partition coefficient (Wildman–Crippen LogP) is 1.28. The Morgan fingerprint density at radius 2 is 2.05 bits per heavy atom. The number of nitrogens with one attached hydrogen (secondary N) is 1. The van der Waals surface area contributed by atoms with Crippen LogP contribution in [-0.4, -0.2) is 29.3 Å². The van der Waals surface area contributed by atoms with Crippen LogP contribution in [0.25, 0.3) is 0 Å². The van der Waals surface area contributed by atoms with Crippen LogP contribution in [0.2, 0.25) is 0 Å². The molecule has 0 aliphatic carbocycles. The number of amides is 1. The van der Waals surface area contributed by atoms with Gasteiger partial charge in [-0.1, -0.05) is 0 Å². The Kier molecular flexibility index (Phi) is 3.97. The topological polar surface area (TPSA) is 97.0 Å². The first-order valence-electron chi connectivity index (χ1n) is 5.79. The number of benzene rings is 1. The molecule has 1 saturated heterocycles. The molecule has 0 radical (unpaired) electrons. The van der Waals surface area contributed by atoms with Gasteiger partial charge < -0.3 is 5.32 Å². The molecule has 1 N–H and O–H groups in total. The summed E-state index contributed by atoms with van der Waals surface area (Å²) in [6.07, 6.45) is 2.93. The number of carbonyl (C=O) groups excluding carboxylic acids is 1. The molecular formula is C12H12N4O3. The van der Waals surface area contributed by atoms with Crippen molar-refractivity contribution in [3.63, 3.8) is 0 Å². The van der Waals surface area contributed by atoms with Crippen LogP contribution in [0.4, 0.5) is 5.69 Å². The molecular weight excluding hydrogens is 248 g/mol. The fraction of sp³-hybridized carbons (Fsp3) is 0.250. The normalized spacial score (nSPS) is 17.7. The number of nitrogens with zero attached hydrogens (tertiary/aromatic N) is 3. The van der Waals surface area contributed by atoms with Crippen LogP contribution in [-0.2, 0) is 4.79 Å². The van der Waals surface area contributed by atoms with Gasteiger partial charge in [0.25, 0.3) is 11.6 Å². The molecule has 0 spiro atoms. The highest BCUT2D eigenvalue weighted by molar-refractivity contribution is 6.39. The standard InChI is InChI=1S/C12H12N4O3/c17-12-11(2-1-7-13-12)15-14-8-9-3-5-10(6-4-9)16(18)19/h3-6,8H,1-2,7H2,(H,13,17)/b14-8+,15-11-. The zero-order valence-electron chi connectivity index (χ0n) is 10.1. The summed E-state index contributed by atoms with van der Waals surface area (Å²) in [6.45, 7) is 0.671. The molecule has 1 fully saturated rings. The molecule has 1 aromatic carbocycles. The molecule has 0 aromatic heterocycles. The molecule has 2 rings (SSSR count). The van der Waals surface area contributed by atoms with Crippen LogP contribution in [0.15, 0.2) is 34.5 Å². The third-order valence-electron chi connectivity index (χ3n) is 2.63. The summed E-state index contributed by atoms with van der Waals surface area (Å²) in [5, 5.41) is 20.8. The van der Waals surface area contributed by atoms with Crippen LogP contribution in [0.5, 0.6) is 0 Å². The lowest BCUT2D eigenvalue weighted by Crippen LogP contribution is -2.36. The van der Waals surface area contributed by atoms with Crippen molar-refractivity contribution in [1.29, 1.82) is 0 Å². The zero-order chi connectivity index (χ0) is 13.7. The summed E-state index contributed by atoms with van der Waals surface area (Å²) in [7, 11) is 0. The van der Waals surface area contributed by atoms with E-state index in [1.54, 1.807) is 12.1 Å². The maximum absolute atomic E-state index is 11.4. The minimum atomic E-state index is -0.465. The van der Waals surface area contributed by atoms with E-state index in [-0.39, 0.29) is 11.6 Å². The van der Waals surface area contributed by atoms with Gasteiger partial charge in [-0.15, -0.1) is 5.10 Å². The lowest BCUT2D eigenvalue weighted by atomic mass is 10.1. The van der Waals surface area contributed by atoms with Gasteiger partial charge in [0, 0.05) is 18.7 Å². The summed E-state index contributed by atoms with van der Waals surface area (Å²) in [4.78, 5) is 21.4. The fourth-order valence-corrected chi connectivity index (χ4v) is 1.62. The average Bonchev–Trinajstić information content (AvgIpc) is 2.41. The Bertz CT molecular complexity index is 549. The highest BCUT2D eigenvalue weighted by Gasteiger charge is 2.15. The summed E-state index contributed by atoms with van der Waals surface area (Å²) in [5.41, 5.74) is 1.12. The van der Waals surface area contributed by atoms with Crippen molar-refractivity contribution in [3.05, 3.63) is 39.9 Å². The van der Waals surface area contributed by atoms with Gasteiger partial charge in [0.1, 0.15) is 5.71 Å². The van der Waals surface area contributed by atoms with Crippen molar-refractivity contribution in [2.24, 2.45) is 10.2 Å². The van der Waals surface area contributed by atoms with E-state index in [0.717, 1.165) is 6.42 Å². The van der Waals surface area contributed by atoms with Crippen molar-refractivity contribution >= 4 is 23.5 Å². The Labute approximate surface area is 109 Å². The van der Waals surface area contributed by atoms with Crippen LogP contribution >= 0.6 is 0 Å². The largest absolute Gasteiger partial charge is 0.351 e. The van der Waals surface area contributed by atoms with E-state index in [2.05, 4.69) is 15.5 Å². The second kappa shape index (κ2) is 5.85. The van der Waals surface area contributed by atoms with Crippen molar-refractivity contribution in [2.45, 2.75) is 12.8 Å². The van der Waals surface area contributed by atoms with Crippen molar-refractivity contribution in [2.75, 3.05) is 6.54 Å². The Morgan fingerprint density at radius 1 is 1.32 bits per heavy atom. The molecule has 0 saturated carbocycles. The minimum absolute atomic E-state index is 0.0233. The van der Waals surface area contributed by atoms with E-state index in [9.17, 15) is 14.9 Å². The molecule has 1 aliphatic rings. The first-order chi connectivity index (χ1) is 9.16. The second-order valence-electron chi connectivity index (χ2n) is 4.00. The van der Waals surface area contributed by atoms with Gasteiger partial charge in [-0.3, -0.25) is 14.9 Å². The van der Waals surface area contributed by atoms with E-state index in [4.69, 9.17) is 0 Å². The number of hydrogen-bond acceptors (Lipinski definition) is 5. The molecule has 7 heteroatoms. The highest BCUT2D eigenvalue weighted by Crippen LogP contribution is 2.10. The predicted molar refractivity (Wildman–Crippen MR) is 70.4 cm³/mol. The first kappa shape index (κ1) is 12.9. The summed E-state index contributed by atoms with van der Waals surface area (Å²) in [5.74, 6) is -0.188. The van der Waals surface area contributed by atoms with Gasteiger partial charge >= 0.3 is 0 Å². The number of rotatable bonds is 3. The van der Waals surface area contributed by atoms with Crippen LogP contribution in [0, 0.1) is 10.1 Å². The number of nitro groups is 1. The van der Waals surface area contributed by atoms with Gasteiger partial charge in [0.2, 0.25) is 0 Å². The molecule has 1 aliphatic heterocycles. The Balaban J connectivity index is 2.04. The molecule has 1 amide bonds. The monoisotopic (exact) mass is 260 g/mol. The quantitative estimate of drug-likeness (QED) is 0.503. The number of nitro benzene ring substituents is 1. The Morgan fingerprint density at radius 3 is 2.68 bits per heavy atom. The number of non-ortho nitro benzene ring substituents is 1. The third kappa shape index (κ3) is 3.44. The zero-order valence-corrected chi connectivity index (χ0v) is 10.1. The number of carbonyl (C=O) groups is 1. The number of piperidine rings is 1. The first-order valence-corrected chi connectivity index (χ1v) is 5.79. The minimum Gasteiger partial charge on any atom is -0.351 e. The second-order valence-corrected chi connectivity index (χ2v) is 4.00. The maximum Gasteiger partial charge on any atom is 0.269 e. The van der Waals surface area contributed by atoms with Crippen molar-refractivity contribution in [3.8, 4) is 0 Å². The maximum atomic E-state index is 11.4. The molecule has 0 atom stereocenters. The Hall–Kier alpha value is -2.57. The molecule has 1 heterocycles. The fourth-order valence-electron chi connectivity index (χ4n) is 1.62. The van der Waals surface area contributed by atoms with E-state index >= 15 is 0 Å². The molecule has 19 heavy (non-hydrogen) atoms. The van der Waals surface area contributed by atoms with E-state index in [1.165, 1.54) is 18.3 Å². The molecule has 98 valence electrons. The molecule has 0 bridgehead atoms. The van der Waals surface area contributed by atoms with E-state index in [1.807, 2.05) is 0 Å². The van der Waals surface area contributed by atoms with E-state index < -0.39 is 4.92 Å². The third-order valence-corrected chi connectivity index (χ3v) is 2.63. The van der Waals surface area contributed by atoms with Gasteiger partial charge in [-0.25, -0.2) is 0 Å². The van der Waals surface area contributed by atoms with Gasteiger partial charge in [0.15, 0.2) is 0 Å². The average molecular weight is 260 g/mol.